The van der Waals surface area contributed by atoms with Crippen molar-refractivity contribution < 1.29 is 4.39 Å². The minimum Gasteiger partial charge on any atom is -0.303 e. The largest absolute Gasteiger partial charge is 0.303 e. The van der Waals surface area contributed by atoms with Crippen LogP contribution in [-0.4, -0.2) is 31.2 Å². The lowest BCUT2D eigenvalue weighted by atomic mass is 9.74. The summed E-state index contributed by atoms with van der Waals surface area (Å²) in [5.41, 5.74) is 0.126. The number of hydrogen-bond acceptors (Lipinski definition) is 1. The third kappa shape index (κ3) is 3.95. The van der Waals surface area contributed by atoms with Gasteiger partial charge in [0.15, 0.2) is 0 Å². The summed E-state index contributed by atoms with van der Waals surface area (Å²) in [4.78, 5) is 2.08. The van der Waals surface area contributed by atoms with Crippen molar-refractivity contribution in [2.45, 2.75) is 47.2 Å². The van der Waals surface area contributed by atoms with Crippen LogP contribution in [0.15, 0.2) is 0 Å². The monoisotopic (exact) mass is 203 g/mol. The van der Waals surface area contributed by atoms with Crippen LogP contribution in [-0.2, 0) is 0 Å². The van der Waals surface area contributed by atoms with Gasteiger partial charge in [-0.25, -0.2) is 4.39 Å². The van der Waals surface area contributed by atoms with E-state index < -0.39 is 6.17 Å². The van der Waals surface area contributed by atoms with E-state index in [2.05, 4.69) is 25.7 Å². The maximum atomic E-state index is 13.6. The van der Waals surface area contributed by atoms with Gasteiger partial charge in [0.05, 0.1) is 0 Å². The third-order valence-corrected chi connectivity index (χ3v) is 2.86. The van der Waals surface area contributed by atoms with Crippen molar-refractivity contribution in [3.05, 3.63) is 0 Å². The second-order valence-corrected chi connectivity index (χ2v) is 5.04. The summed E-state index contributed by atoms with van der Waals surface area (Å²) < 4.78 is 13.6. The minimum atomic E-state index is -0.635. The fourth-order valence-electron chi connectivity index (χ4n) is 2.03. The molecule has 1 rings (SSSR count). The van der Waals surface area contributed by atoms with E-state index in [0.29, 0.717) is 6.54 Å². The fourth-order valence-corrected chi connectivity index (χ4v) is 2.03. The lowest BCUT2D eigenvalue weighted by Gasteiger charge is -2.39. The Morgan fingerprint density at radius 2 is 1.71 bits per heavy atom. The highest BCUT2D eigenvalue weighted by Crippen LogP contribution is 2.35. The van der Waals surface area contributed by atoms with Gasteiger partial charge in [0.1, 0.15) is 6.17 Å². The van der Waals surface area contributed by atoms with E-state index in [1.165, 1.54) is 0 Å². The molecule has 0 N–H and O–H groups in total. The molecule has 1 heterocycles. The third-order valence-electron chi connectivity index (χ3n) is 2.86. The second kappa shape index (κ2) is 5.69. The van der Waals surface area contributed by atoms with Crippen LogP contribution in [0.1, 0.15) is 41.0 Å². The molecule has 0 aromatic heterocycles. The molecule has 0 aromatic carbocycles. The van der Waals surface area contributed by atoms with E-state index in [0.717, 1.165) is 13.0 Å². The molecule has 14 heavy (non-hydrogen) atoms. The summed E-state index contributed by atoms with van der Waals surface area (Å²) in [7, 11) is 1.99. The molecule has 0 aromatic rings. The molecule has 1 aliphatic rings. The molecule has 0 amide bonds. The molecular weight excluding hydrogens is 177 g/mol. The van der Waals surface area contributed by atoms with Crippen molar-refractivity contribution in [2.75, 3.05) is 20.1 Å². The Labute approximate surface area is 88.7 Å². The average Bonchev–Trinajstić information content (AvgIpc) is 2.05. The van der Waals surface area contributed by atoms with Gasteiger partial charge in [-0.2, -0.15) is 0 Å². The topological polar surface area (TPSA) is 3.24 Å². The first-order valence-electron chi connectivity index (χ1n) is 5.74. The van der Waals surface area contributed by atoms with Crippen molar-refractivity contribution in [3.63, 3.8) is 0 Å². The summed E-state index contributed by atoms with van der Waals surface area (Å²) >= 11 is 0. The smallest absolute Gasteiger partial charge is 0.116 e. The number of piperidine rings is 1. The van der Waals surface area contributed by atoms with E-state index in [1.807, 2.05) is 20.9 Å². The molecule has 0 radical (unpaired) electrons. The number of nitrogens with zero attached hydrogens (tertiary/aromatic N) is 1. The van der Waals surface area contributed by atoms with Crippen molar-refractivity contribution in [1.29, 1.82) is 0 Å². The average molecular weight is 203 g/mol. The van der Waals surface area contributed by atoms with Gasteiger partial charge < -0.3 is 4.90 Å². The quantitative estimate of drug-likeness (QED) is 0.583. The summed E-state index contributed by atoms with van der Waals surface area (Å²) in [6.45, 7) is 12.1. The highest BCUT2D eigenvalue weighted by atomic mass is 19.1. The molecule has 0 saturated carbocycles. The van der Waals surface area contributed by atoms with E-state index in [-0.39, 0.29) is 11.3 Å². The molecule has 2 unspecified atom stereocenters. The number of alkyl halides is 1. The van der Waals surface area contributed by atoms with Gasteiger partial charge in [0.25, 0.3) is 0 Å². The second-order valence-electron chi connectivity index (χ2n) is 5.04. The van der Waals surface area contributed by atoms with E-state index in [4.69, 9.17) is 0 Å². The highest BCUT2D eigenvalue weighted by molar-refractivity contribution is 4.86. The van der Waals surface area contributed by atoms with E-state index in [9.17, 15) is 4.39 Å². The molecule has 1 fully saturated rings. The Bertz CT molecular complexity index is 151. The van der Waals surface area contributed by atoms with Crippen molar-refractivity contribution in [3.8, 4) is 0 Å². The van der Waals surface area contributed by atoms with E-state index in [1.54, 1.807) is 0 Å². The normalized spacial score (nSPS) is 29.4. The van der Waals surface area contributed by atoms with Crippen LogP contribution < -0.4 is 0 Å². The summed E-state index contributed by atoms with van der Waals surface area (Å²) in [5, 5.41) is 0. The zero-order chi connectivity index (χ0) is 11.4. The Morgan fingerprint density at radius 3 is 2.07 bits per heavy atom. The number of hydrogen-bond donors (Lipinski definition) is 0. The lowest BCUT2D eigenvalue weighted by Crippen LogP contribution is -2.44. The summed E-state index contributed by atoms with van der Waals surface area (Å²) in [6.07, 6.45) is 0.366. The van der Waals surface area contributed by atoms with Crippen molar-refractivity contribution in [2.24, 2.45) is 11.3 Å². The Balaban J connectivity index is 0.000000791. The molecule has 0 aliphatic carbocycles. The lowest BCUT2D eigenvalue weighted by molar-refractivity contribution is 0.0370. The molecule has 1 nitrogen and oxygen atoms in total. The molecular formula is C12H26FN. The number of halogens is 1. The highest BCUT2D eigenvalue weighted by Gasteiger charge is 2.35. The molecule has 2 atom stereocenters. The van der Waals surface area contributed by atoms with Crippen LogP contribution in [0.4, 0.5) is 4.39 Å². The summed E-state index contributed by atoms with van der Waals surface area (Å²) in [5.74, 6) is 0.244. The summed E-state index contributed by atoms with van der Waals surface area (Å²) in [6, 6.07) is 0. The first-order chi connectivity index (χ1) is 6.41. The maximum absolute atomic E-state index is 13.6. The SMILES string of the molecule is CC.CN1CCC(C(C)(C)C)C(F)C1. The minimum absolute atomic E-state index is 0.126. The van der Waals surface area contributed by atoms with Crippen molar-refractivity contribution in [1.82, 2.24) is 4.90 Å². The molecule has 1 saturated heterocycles. The van der Waals surface area contributed by atoms with Crippen LogP contribution >= 0.6 is 0 Å². The zero-order valence-electron chi connectivity index (χ0n) is 10.6. The predicted molar refractivity (Wildman–Crippen MR) is 61.3 cm³/mol. The fraction of sp³-hybridized carbons (Fsp3) is 1.00. The van der Waals surface area contributed by atoms with Gasteiger partial charge in [0.2, 0.25) is 0 Å². The van der Waals surface area contributed by atoms with E-state index >= 15 is 0 Å². The van der Waals surface area contributed by atoms with Gasteiger partial charge in [-0.05, 0) is 31.3 Å². The van der Waals surface area contributed by atoms with Crippen LogP contribution in [0.3, 0.4) is 0 Å². The van der Waals surface area contributed by atoms with Gasteiger partial charge in [0, 0.05) is 6.54 Å². The van der Waals surface area contributed by atoms with Crippen LogP contribution in [0.2, 0.25) is 0 Å². The van der Waals surface area contributed by atoms with Gasteiger partial charge in [-0.15, -0.1) is 0 Å². The number of likely N-dealkylation sites (tertiary alicyclic amines) is 1. The van der Waals surface area contributed by atoms with Gasteiger partial charge in [-0.3, -0.25) is 0 Å². The molecule has 0 spiro atoms. The van der Waals surface area contributed by atoms with Crippen molar-refractivity contribution >= 4 is 0 Å². The molecule has 1 aliphatic heterocycles. The number of rotatable bonds is 0. The Hall–Kier alpha value is -0.110. The Morgan fingerprint density at radius 1 is 1.21 bits per heavy atom. The van der Waals surface area contributed by atoms with Gasteiger partial charge >= 0.3 is 0 Å². The van der Waals surface area contributed by atoms with Gasteiger partial charge in [-0.1, -0.05) is 34.6 Å². The predicted octanol–water partition coefficient (Wildman–Crippen LogP) is 3.35. The zero-order valence-corrected chi connectivity index (χ0v) is 10.6. The first-order valence-corrected chi connectivity index (χ1v) is 5.74. The van der Waals surface area contributed by atoms with Crippen LogP contribution in [0.25, 0.3) is 0 Å². The van der Waals surface area contributed by atoms with Crippen LogP contribution in [0.5, 0.6) is 0 Å². The molecule has 2 heteroatoms. The molecule has 0 bridgehead atoms. The molecule has 86 valence electrons. The standard InChI is InChI=1S/C10H20FN.C2H6/c1-10(2,3)8-5-6-12(4)7-9(8)11;1-2/h8-9H,5-7H2,1-4H3;1-2H3. The Kier molecular flexibility index (Phi) is 5.65. The first kappa shape index (κ1) is 13.9. The maximum Gasteiger partial charge on any atom is 0.116 e. The van der Waals surface area contributed by atoms with Crippen LogP contribution in [0, 0.1) is 11.3 Å².